The number of ether oxygens (including phenoxy) is 1. The van der Waals surface area contributed by atoms with Crippen molar-refractivity contribution in [2.45, 2.75) is 6.54 Å². The van der Waals surface area contributed by atoms with E-state index in [-0.39, 0.29) is 5.91 Å². The van der Waals surface area contributed by atoms with E-state index in [0.717, 1.165) is 40.0 Å². The second-order valence-corrected chi connectivity index (χ2v) is 7.01. The van der Waals surface area contributed by atoms with Crippen molar-refractivity contribution in [3.8, 4) is 5.75 Å². The molecule has 1 aromatic heterocycles. The Bertz CT molecular complexity index is 1220. The Morgan fingerprint density at radius 2 is 1.66 bits per heavy atom. The zero-order valence-electron chi connectivity index (χ0n) is 15.8. The van der Waals surface area contributed by atoms with Gasteiger partial charge in [0, 0.05) is 39.5 Å². The first kappa shape index (κ1) is 17.3. The molecule has 4 heteroatoms. The minimum atomic E-state index is -0.0598. The molecule has 3 aromatic carbocycles. The van der Waals surface area contributed by atoms with Gasteiger partial charge in [-0.05, 0) is 30.3 Å². The van der Waals surface area contributed by atoms with Crippen LogP contribution in [0.3, 0.4) is 0 Å². The molecule has 5 rings (SSSR count). The van der Waals surface area contributed by atoms with Crippen molar-refractivity contribution in [2.24, 2.45) is 0 Å². The number of nitrogens with zero attached hydrogens (tertiary/aromatic N) is 1. The Kier molecular flexibility index (Phi) is 4.37. The maximum Gasteiger partial charge on any atom is 0.256 e. The van der Waals surface area contributed by atoms with Crippen LogP contribution in [0, 0.1) is 0 Å². The van der Waals surface area contributed by atoms with Gasteiger partial charge >= 0.3 is 0 Å². The van der Waals surface area contributed by atoms with Gasteiger partial charge in [0.2, 0.25) is 0 Å². The zero-order valence-corrected chi connectivity index (χ0v) is 15.8. The summed E-state index contributed by atoms with van der Waals surface area (Å²) in [5.41, 5.74) is 4.67. The molecule has 1 amide bonds. The number of hydrogen-bond donors (Lipinski definition) is 1. The van der Waals surface area contributed by atoms with Crippen molar-refractivity contribution < 1.29 is 9.53 Å². The molecule has 142 valence electrons. The summed E-state index contributed by atoms with van der Waals surface area (Å²) in [6, 6.07) is 25.9. The van der Waals surface area contributed by atoms with E-state index in [1.54, 1.807) is 0 Å². The maximum atomic E-state index is 12.5. The summed E-state index contributed by atoms with van der Waals surface area (Å²) in [7, 11) is 0. The normalized spacial score (nSPS) is 14.2. The van der Waals surface area contributed by atoms with Crippen LogP contribution >= 0.6 is 0 Å². The van der Waals surface area contributed by atoms with Gasteiger partial charge in [-0.3, -0.25) is 4.79 Å². The molecule has 0 bridgehead atoms. The van der Waals surface area contributed by atoms with Gasteiger partial charge in [0.15, 0.2) is 0 Å². The van der Waals surface area contributed by atoms with E-state index in [0.29, 0.717) is 12.2 Å². The van der Waals surface area contributed by atoms with Gasteiger partial charge in [-0.25, -0.2) is 0 Å². The molecular weight excluding hydrogens is 360 g/mol. The molecule has 1 aliphatic rings. The van der Waals surface area contributed by atoms with E-state index in [9.17, 15) is 4.79 Å². The number of fused-ring (bicyclic) bond motifs is 2. The molecule has 0 atom stereocenters. The quantitative estimate of drug-likeness (QED) is 0.483. The smallest absolute Gasteiger partial charge is 0.256 e. The van der Waals surface area contributed by atoms with Crippen LogP contribution in [0.15, 0.2) is 85.1 Å². The van der Waals surface area contributed by atoms with E-state index in [4.69, 9.17) is 4.74 Å². The van der Waals surface area contributed by atoms with Crippen molar-refractivity contribution >= 4 is 34.1 Å². The largest absolute Gasteiger partial charge is 0.492 e. The molecule has 29 heavy (non-hydrogen) atoms. The third kappa shape index (κ3) is 3.29. The van der Waals surface area contributed by atoms with Crippen LogP contribution in [-0.2, 0) is 11.3 Å². The number of carbonyl (C=O) groups is 1. The highest BCUT2D eigenvalue weighted by molar-refractivity contribution is 6.35. The third-order valence-corrected chi connectivity index (χ3v) is 5.17. The Labute approximate surface area is 169 Å². The average Bonchev–Trinajstić information content (AvgIpc) is 3.27. The summed E-state index contributed by atoms with van der Waals surface area (Å²) < 4.78 is 8.05. The number of anilines is 1. The van der Waals surface area contributed by atoms with Gasteiger partial charge in [0.1, 0.15) is 12.4 Å². The number of benzene rings is 3. The highest BCUT2D eigenvalue weighted by Crippen LogP contribution is 2.34. The molecule has 0 unspecified atom stereocenters. The van der Waals surface area contributed by atoms with Crippen LogP contribution in [0.25, 0.3) is 22.6 Å². The second-order valence-electron chi connectivity index (χ2n) is 7.01. The summed E-state index contributed by atoms with van der Waals surface area (Å²) in [4.78, 5) is 12.5. The van der Waals surface area contributed by atoms with Gasteiger partial charge < -0.3 is 14.6 Å². The van der Waals surface area contributed by atoms with Crippen molar-refractivity contribution in [3.63, 3.8) is 0 Å². The average molecular weight is 380 g/mol. The maximum absolute atomic E-state index is 12.5. The van der Waals surface area contributed by atoms with Crippen molar-refractivity contribution in [3.05, 3.63) is 96.2 Å². The zero-order chi connectivity index (χ0) is 19.6. The molecule has 0 saturated heterocycles. The van der Waals surface area contributed by atoms with Crippen LogP contribution in [0.5, 0.6) is 5.75 Å². The SMILES string of the molecule is O=C1Nc2ccccc2/C1=C\c1cn(CCOc2ccccc2)c2ccccc12. The van der Waals surface area contributed by atoms with Crippen LogP contribution in [0.4, 0.5) is 5.69 Å². The summed E-state index contributed by atoms with van der Waals surface area (Å²) in [6.45, 7) is 1.30. The lowest BCUT2D eigenvalue weighted by atomic mass is 10.0. The number of amides is 1. The standard InChI is InChI=1S/C25H20N2O2/c28-25-22(21-11-4-6-12-23(21)26-25)16-18-17-27(24-13-7-5-10-20(18)24)14-15-29-19-8-2-1-3-9-19/h1-13,16-17H,14-15H2,(H,26,28)/b22-16+. The van der Waals surface area contributed by atoms with Gasteiger partial charge in [0.05, 0.1) is 6.54 Å². The highest BCUT2D eigenvalue weighted by Gasteiger charge is 2.23. The summed E-state index contributed by atoms with van der Waals surface area (Å²) in [6.07, 6.45) is 4.08. The fourth-order valence-corrected chi connectivity index (χ4v) is 3.79. The number of rotatable bonds is 5. The number of aromatic nitrogens is 1. The molecule has 0 saturated carbocycles. The lowest BCUT2D eigenvalue weighted by molar-refractivity contribution is -0.110. The molecule has 2 heterocycles. The first-order valence-corrected chi connectivity index (χ1v) is 9.68. The molecule has 0 aliphatic carbocycles. The van der Waals surface area contributed by atoms with Gasteiger partial charge in [0.25, 0.3) is 5.91 Å². The Balaban J connectivity index is 1.47. The number of nitrogens with one attached hydrogen (secondary N) is 1. The van der Waals surface area contributed by atoms with Crippen molar-refractivity contribution in [1.29, 1.82) is 0 Å². The van der Waals surface area contributed by atoms with Crippen molar-refractivity contribution in [1.82, 2.24) is 4.57 Å². The van der Waals surface area contributed by atoms with Crippen LogP contribution in [-0.4, -0.2) is 17.1 Å². The Morgan fingerprint density at radius 1 is 0.897 bits per heavy atom. The fraction of sp³-hybridized carbons (Fsp3) is 0.0800. The summed E-state index contributed by atoms with van der Waals surface area (Å²) in [5.74, 6) is 0.806. The van der Waals surface area contributed by atoms with Crippen LogP contribution in [0.1, 0.15) is 11.1 Å². The topological polar surface area (TPSA) is 43.3 Å². The second kappa shape index (κ2) is 7.32. The number of hydrogen-bond acceptors (Lipinski definition) is 2. The lowest BCUT2D eigenvalue weighted by Crippen LogP contribution is -2.07. The predicted molar refractivity (Wildman–Crippen MR) is 117 cm³/mol. The summed E-state index contributed by atoms with van der Waals surface area (Å²) >= 11 is 0. The molecule has 0 fully saturated rings. The minimum absolute atomic E-state index is 0.0598. The third-order valence-electron chi connectivity index (χ3n) is 5.17. The molecule has 0 spiro atoms. The van der Waals surface area contributed by atoms with E-state index in [1.807, 2.05) is 72.8 Å². The Morgan fingerprint density at radius 3 is 2.55 bits per heavy atom. The van der Waals surface area contributed by atoms with Gasteiger partial charge in [-0.15, -0.1) is 0 Å². The molecular formula is C25H20N2O2. The lowest BCUT2D eigenvalue weighted by Gasteiger charge is -2.08. The molecule has 1 N–H and O–H groups in total. The Hall–Kier alpha value is -3.79. The van der Waals surface area contributed by atoms with E-state index in [2.05, 4.69) is 28.2 Å². The molecule has 1 aliphatic heterocycles. The fourth-order valence-electron chi connectivity index (χ4n) is 3.79. The van der Waals surface area contributed by atoms with E-state index >= 15 is 0 Å². The summed E-state index contributed by atoms with van der Waals surface area (Å²) in [5, 5.41) is 4.06. The predicted octanol–water partition coefficient (Wildman–Crippen LogP) is 5.21. The molecule has 4 aromatic rings. The highest BCUT2D eigenvalue weighted by atomic mass is 16.5. The molecule has 4 nitrogen and oxygen atoms in total. The van der Waals surface area contributed by atoms with Gasteiger partial charge in [-0.2, -0.15) is 0 Å². The van der Waals surface area contributed by atoms with Crippen molar-refractivity contribution in [2.75, 3.05) is 11.9 Å². The van der Waals surface area contributed by atoms with Crippen LogP contribution in [0.2, 0.25) is 0 Å². The monoisotopic (exact) mass is 380 g/mol. The van der Waals surface area contributed by atoms with Crippen LogP contribution < -0.4 is 10.1 Å². The van der Waals surface area contributed by atoms with E-state index < -0.39 is 0 Å². The number of carbonyl (C=O) groups excluding carboxylic acids is 1. The molecule has 0 radical (unpaired) electrons. The van der Waals surface area contributed by atoms with E-state index in [1.165, 1.54) is 0 Å². The first-order valence-electron chi connectivity index (χ1n) is 9.68. The van der Waals surface area contributed by atoms with Gasteiger partial charge in [-0.1, -0.05) is 54.6 Å². The first-order chi connectivity index (χ1) is 14.3. The number of para-hydroxylation sites is 3. The minimum Gasteiger partial charge on any atom is -0.492 e.